The number of benzene rings is 2. The van der Waals surface area contributed by atoms with Gasteiger partial charge in [-0.2, -0.15) is 0 Å². The van der Waals surface area contributed by atoms with E-state index < -0.39 is 6.10 Å². The van der Waals surface area contributed by atoms with Gasteiger partial charge >= 0.3 is 0 Å². The molecule has 0 aliphatic rings. The molecule has 2 aromatic carbocycles. The molecule has 2 aromatic rings. The average molecular weight is 337 g/mol. The van der Waals surface area contributed by atoms with E-state index in [2.05, 4.69) is 36.7 Å². The van der Waals surface area contributed by atoms with Crippen molar-refractivity contribution >= 4 is 15.9 Å². The molecule has 0 amide bonds. The zero-order chi connectivity index (χ0) is 14.9. The maximum atomic E-state index is 13.4. The Hall–Kier alpha value is -1.19. The summed E-state index contributed by atoms with van der Waals surface area (Å²) in [5.74, 6) is -0.361. The molecule has 1 unspecified atom stereocenters. The third-order valence-electron chi connectivity index (χ3n) is 3.29. The molecular formula is C17H18BrFO. The smallest absolute Gasteiger partial charge is 0.124 e. The van der Waals surface area contributed by atoms with Gasteiger partial charge in [0.15, 0.2) is 0 Å². The molecule has 1 nitrogen and oxygen atoms in total. The predicted octanol–water partition coefficient (Wildman–Crippen LogP) is 4.97. The molecule has 0 fully saturated rings. The van der Waals surface area contributed by atoms with Crippen LogP contribution in [0.3, 0.4) is 0 Å². The van der Waals surface area contributed by atoms with Crippen LogP contribution in [0.1, 0.15) is 43.6 Å². The molecule has 20 heavy (non-hydrogen) atoms. The first-order valence-electron chi connectivity index (χ1n) is 6.52. The van der Waals surface area contributed by atoms with Gasteiger partial charge in [0.05, 0.1) is 0 Å². The summed E-state index contributed by atoms with van der Waals surface area (Å²) in [4.78, 5) is 0. The highest BCUT2D eigenvalue weighted by Gasteiger charge is 2.16. The molecule has 3 heteroatoms. The molecule has 0 radical (unpaired) electrons. The summed E-state index contributed by atoms with van der Waals surface area (Å²) in [6.07, 6.45) is -0.823. The van der Waals surface area contributed by atoms with Gasteiger partial charge < -0.3 is 5.11 Å². The van der Waals surface area contributed by atoms with Crippen LogP contribution in [0.25, 0.3) is 0 Å². The van der Waals surface area contributed by atoms with Crippen LogP contribution in [0.2, 0.25) is 0 Å². The first-order valence-corrected chi connectivity index (χ1v) is 7.31. The van der Waals surface area contributed by atoms with Crippen molar-refractivity contribution in [3.05, 3.63) is 69.4 Å². The fourth-order valence-electron chi connectivity index (χ4n) is 2.09. The van der Waals surface area contributed by atoms with Crippen molar-refractivity contribution in [3.63, 3.8) is 0 Å². The molecule has 0 aromatic heterocycles. The highest BCUT2D eigenvalue weighted by Crippen LogP contribution is 2.28. The van der Waals surface area contributed by atoms with Crippen LogP contribution in [0, 0.1) is 5.82 Å². The Balaban J connectivity index is 2.31. The minimum Gasteiger partial charge on any atom is -0.384 e. The normalized spacial score (nSPS) is 13.3. The summed E-state index contributed by atoms with van der Waals surface area (Å²) >= 11 is 3.24. The van der Waals surface area contributed by atoms with Crippen LogP contribution in [-0.4, -0.2) is 5.11 Å². The van der Waals surface area contributed by atoms with Gasteiger partial charge in [-0.3, -0.25) is 0 Å². The zero-order valence-corrected chi connectivity index (χ0v) is 13.4. The van der Waals surface area contributed by atoms with E-state index in [0.29, 0.717) is 10.0 Å². The second-order valence-corrected chi connectivity index (χ2v) is 6.89. The maximum Gasteiger partial charge on any atom is 0.124 e. The summed E-state index contributed by atoms with van der Waals surface area (Å²) in [7, 11) is 0. The van der Waals surface area contributed by atoms with Crippen molar-refractivity contribution in [2.45, 2.75) is 32.3 Å². The lowest BCUT2D eigenvalue weighted by molar-refractivity contribution is 0.219. The number of hydrogen-bond acceptors (Lipinski definition) is 1. The molecular weight excluding hydrogens is 319 g/mol. The Bertz CT molecular complexity index is 579. The van der Waals surface area contributed by atoms with E-state index in [-0.39, 0.29) is 11.2 Å². The molecule has 1 atom stereocenters. The lowest BCUT2D eigenvalue weighted by atomic mass is 9.86. The summed E-state index contributed by atoms with van der Waals surface area (Å²) in [6, 6.07) is 12.3. The van der Waals surface area contributed by atoms with E-state index in [1.165, 1.54) is 17.7 Å². The summed E-state index contributed by atoms with van der Waals surface area (Å²) in [5.41, 5.74) is 2.58. The molecule has 0 saturated carbocycles. The van der Waals surface area contributed by atoms with E-state index in [9.17, 15) is 9.50 Å². The van der Waals surface area contributed by atoms with E-state index in [1.807, 2.05) is 24.3 Å². The van der Waals surface area contributed by atoms with Gasteiger partial charge in [-0.15, -0.1) is 0 Å². The van der Waals surface area contributed by atoms with Crippen LogP contribution < -0.4 is 0 Å². The van der Waals surface area contributed by atoms with Crippen LogP contribution in [0.5, 0.6) is 0 Å². The van der Waals surface area contributed by atoms with Gasteiger partial charge in [0.1, 0.15) is 11.9 Å². The Morgan fingerprint density at radius 2 is 1.60 bits per heavy atom. The highest BCUT2D eigenvalue weighted by molar-refractivity contribution is 9.10. The Labute approximate surface area is 127 Å². The van der Waals surface area contributed by atoms with Gasteiger partial charge in [-0.05, 0) is 40.3 Å². The van der Waals surface area contributed by atoms with E-state index >= 15 is 0 Å². The van der Waals surface area contributed by atoms with Crippen LogP contribution in [0.4, 0.5) is 4.39 Å². The van der Waals surface area contributed by atoms with Crippen LogP contribution in [0.15, 0.2) is 46.9 Å². The fraction of sp³-hybridized carbons (Fsp3) is 0.294. The van der Waals surface area contributed by atoms with Crippen molar-refractivity contribution in [1.82, 2.24) is 0 Å². The third kappa shape index (κ3) is 3.47. The maximum absolute atomic E-state index is 13.4. The minimum absolute atomic E-state index is 0.0748. The second kappa shape index (κ2) is 5.66. The van der Waals surface area contributed by atoms with E-state index in [0.717, 1.165) is 5.56 Å². The summed E-state index contributed by atoms with van der Waals surface area (Å²) in [6.45, 7) is 6.42. The fourth-order valence-corrected chi connectivity index (χ4v) is 2.57. The molecule has 0 bridgehead atoms. The number of hydrogen-bond donors (Lipinski definition) is 1. The number of aliphatic hydroxyl groups is 1. The van der Waals surface area contributed by atoms with Gasteiger partial charge in [0.2, 0.25) is 0 Å². The number of aliphatic hydroxyl groups excluding tert-OH is 1. The topological polar surface area (TPSA) is 20.2 Å². The van der Waals surface area contributed by atoms with Crippen molar-refractivity contribution in [2.75, 3.05) is 0 Å². The van der Waals surface area contributed by atoms with Crippen molar-refractivity contribution in [3.8, 4) is 0 Å². The minimum atomic E-state index is -0.823. The Kier molecular flexibility index (Phi) is 4.31. The quantitative estimate of drug-likeness (QED) is 0.821. The first-order chi connectivity index (χ1) is 9.27. The molecule has 106 valence electrons. The largest absolute Gasteiger partial charge is 0.384 e. The second-order valence-electron chi connectivity index (χ2n) is 5.98. The van der Waals surface area contributed by atoms with Crippen LogP contribution in [-0.2, 0) is 5.41 Å². The lowest BCUT2D eigenvalue weighted by Gasteiger charge is -2.20. The molecule has 0 saturated heterocycles. The standard InChI is InChI=1S/C17H18BrFO/c1-17(2,3)13-6-4-11(5-7-13)16(20)12-8-14(18)10-15(19)9-12/h4-10,16,20H,1-3H3. The molecule has 0 spiro atoms. The van der Waals surface area contributed by atoms with Gasteiger partial charge in [-0.1, -0.05) is 61.0 Å². The van der Waals surface area contributed by atoms with Gasteiger partial charge in [0.25, 0.3) is 0 Å². The van der Waals surface area contributed by atoms with E-state index in [1.54, 1.807) is 6.07 Å². The monoisotopic (exact) mass is 336 g/mol. The highest BCUT2D eigenvalue weighted by atomic mass is 79.9. The van der Waals surface area contributed by atoms with E-state index in [4.69, 9.17) is 0 Å². The van der Waals surface area contributed by atoms with Crippen molar-refractivity contribution in [1.29, 1.82) is 0 Å². The molecule has 0 aliphatic heterocycles. The molecule has 2 rings (SSSR count). The molecule has 1 N–H and O–H groups in total. The SMILES string of the molecule is CC(C)(C)c1ccc(C(O)c2cc(F)cc(Br)c2)cc1. The van der Waals surface area contributed by atoms with Gasteiger partial charge in [-0.25, -0.2) is 4.39 Å². The number of rotatable bonds is 2. The van der Waals surface area contributed by atoms with Crippen molar-refractivity contribution < 1.29 is 9.50 Å². The van der Waals surface area contributed by atoms with Crippen molar-refractivity contribution in [2.24, 2.45) is 0 Å². The Morgan fingerprint density at radius 3 is 2.10 bits per heavy atom. The predicted molar refractivity (Wildman–Crippen MR) is 83.3 cm³/mol. The summed E-state index contributed by atoms with van der Waals surface area (Å²) in [5, 5.41) is 10.3. The lowest BCUT2D eigenvalue weighted by Crippen LogP contribution is -2.11. The zero-order valence-electron chi connectivity index (χ0n) is 11.8. The average Bonchev–Trinajstić information content (AvgIpc) is 2.36. The first kappa shape index (κ1) is 15.2. The third-order valence-corrected chi connectivity index (χ3v) is 3.75. The number of halogens is 2. The van der Waals surface area contributed by atoms with Crippen LogP contribution >= 0.6 is 15.9 Å². The summed E-state index contributed by atoms with van der Waals surface area (Å²) < 4.78 is 14.0. The molecule has 0 heterocycles. The van der Waals surface area contributed by atoms with Gasteiger partial charge in [0, 0.05) is 4.47 Å². The molecule has 0 aliphatic carbocycles. The Morgan fingerprint density at radius 1 is 1.00 bits per heavy atom.